The van der Waals surface area contributed by atoms with Crippen LogP contribution < -0.4 is 4.74 Å². The number of allylic oxidation sites excluding steroid dienone is 3. The average Bonchev–Trinajstić information content (AvgIpc) is 3.63. The Morgan fingerprint density at radius 3 is 2.52 bits per heavy atom. The molecule has 0 N–H and O–H groups in total. The molecule has 5 heteroatoms. The summed E-state index contributed by atoms with van der Waals surface area (Å²) in [7, 11) is 0. The predicted molar refractivity (Wildman–Crippen MR) is 218 cm³/mol. The van der Waals surface area contributed by atoms with E-state index in [2.05, 4.69) is 143 Å². The number of ether oxygens (including phenoxy) is 1. The van der Waals surface area contributed by atoms with E-state index in [0.29, 0.717) is 17.8 Å². The molecule has 0 radical (unpaired) electrons. The van der Waals surface area contributed by atoms with Gasteiger partial charge in [0.15, 0.2) is 0 Å². The molecule has 3 aromatic heterocycles. The third-order valence-corrected chi connectivity index (χ3v) is 11.0. The van der Waals surface area contributed by atoms with E-state index >= 15 is 0 Å². The van der Waals surface area contributed by atoms with Gasteiger partial charge in [-0.1, -0.05) is 76.1 Å². The van der Waals surface area contributed by atoms with Crippen molar-refractivity contribution in [2.75, 3.05) is 0 Å². The molecule has 0 aliphatic heterocycles. The molecule has 0 bridgehead atoms. The molecule has 268 valence electrons. The minimum absolute atomic E-state index is 0.394. The molecule has 6 aromatic rings. The maximum absolute atomic E-state index is 6.80. The second kappa shape index (κ2) is 15.0. The normalized spacial score (nSPS) is 16.2. The van der Waals surface area contributed by atoms with Crippen molar-refractivity contribution in [1.29, 1.82) is 0 Å². The molecule has 7 rings (SSSR count). The van der Waals surface area contributed by atoms with E-state index in [-0.39, 0.29) is 0 Å². The summed E-state index contributed by atoms with van der Waals surface area (Å²) in [5.41, 5.74) is 11.9. The minimum Gasteiger partial charge on any atom is -0.457 e. The van der Waals surface area contributed by atoms with Crippen molar-refractivity contribution in [3.8, 4) is 23.0 Å². The first-order valence-electron chi connectivity index (χ1n) is 19.4. The van der Waals surface area contributed by atoms with E-state index in [1.54, 1.807) is 0 Å². The number of hydrogen-bond donors (Lipinski definition) is 0. The molecular weight excluding hydrogens is 637 g/mol. The van der Waals surface area contributed by atoms with Crippen molar-refractivity contribution in [3.63, 3.8) is 0 Å². The van der Waals surface area contributed by atoms with Gasteiger partial charge in [0.2, 0.25) is 0 Å². The highest BCUT2D eigenvalue weighted by atomic mass is 16.5. The van der Waals surface area contributed by atoms with Gasteiger partial charge in [-0.25, -0.2) is 9.67 Å². The number of fused-ring (bicyclic) bond motifs is 3. The van der Waals surface area contributed by atoms with Gasteiger partial charge in [0, 0.05) is 46.3 Å². The Balaban J connectivity index is 1.33. The zero-order chi connectivity index (χ0) is 36.5. The Bertz CT molecular complexity index is 2280. The number of benzene rings is 3. The van der Waals surface area contributed by atoms with E-state index in [4.69, 9.17) is 14.8 Å². The molecule has 0 fully saturated rings. The molecule has 3 heterocycles. The highest BCUT2D eigenvalue weighted by Crippen LogP contribution is 2.43. The first-order valence-corrected chi connectivity index (χ1v) is 19.4. The summed E-state index contributed by atoms with van der Waals surface area (Å²) in [6.07, 6.45) is 12.2. The molecule has 1 aliphatic carbocycles. The van der Waals surface area contributed by atoms with Crippen LogP contribution in [0.1, 0.15) is 108 Å². The molecule has 0 amide bonds. The van der Waals surface area contributed by atoms with Gasteiger partial charge in [-0.15, -0.1) is 0 Å². The van der Waals surface area contributed by atoms with Crippen LogP contribution in [0.25, 0.3) is 38.9 Å². The molecule has 0 spiro atoms. The fraction of sp³-hybridized carbons (Fsp3) is 0.362. The summed E-state index contributed by atoms with van der Waals surface area (Å²) < 4.78 is 11.3. The van der Waals surface area contributed by atoms with Crippen LogP contribution in [0.3, 0.4) is 0 Å². The van der Waals surface area contributed by atoms with Crippen molar-refractivity contribution in [1.82, 2.24) is 19.3 Å². The predicted octanol–water partition coefficient (Wildman–Crippen LogP) is 12.9. The molecule has 1 aliphatic rings. The molecule has 0 saturated carbocycles. The lowest BCUT2D eigenvalue weighted by Crippen LogP contribution is -2.17. The van der Waals surface area contributed by atoms with Gasteiger partial charge in [-0.3, -0.25) is 4.57 Å². The number of para-hydroxylation sites is 1. The lowest BCUT2D eigenvalue weighted by molar-refractivity contribution is 0.445. The second-order valence-electron chi connectivity index (χ2n) is 15.5. The number of aryl methyl sites for hydroxylation is 2. The largest absolute Gasteiger partial charge is 0.457 e. The van der Waals surface area contributed by atoms with Crippen LogP contribution in [-0.2, 0) is 12.8 Å². The topological polar surface area (TPSA) is 44.9 Å². The van der Waals surface area contributed by atoms with Gasteiger partial charge < -0.3 is 4.74 Å². The summed E-state index contributed by atoms with van der Waals surface area (Å²) in [4.78, 5) is 4.87. The number of nitrogens with zero attached hydrogens (tertiary/aromatic N) is 4. The average molecular weight is 691 g/mol. The molecule has 0 saturated heterocycles. The van der Waals surface area contributed by atoms with Crippen LogP contribution in [0, 0.1) is 18.8 Å². The van der Waals surface area contributed by atoms with Crippen LogP contribution in [0.5, 0.6) is 11.5 Å². The Kier molecular flexibility index (Phi) is 10.2. The molecule has 0 unspecified atom stereocenters. The lowest BCUT2D eigenvalue weighted by Gasteiger charge is -2.30. The van der Waals surface area contributed by atoms with E-state index in [9.17, 15) is 0 Å². The van der Waals surface area contributed by atoms with Crippen molar-refractivity contribution >= 4 is 27.4 Å². The van der Waals surface area contributed by atoms with Crippen LogP contribution in [-0.4, -0.2) is 19.3 Å². The fourth-order valence-electron chi connectivity index (χ4n) is 8.23. The Morgan fingerprint density at radius 1 is 0.942 bits per heavy atom. The van der Waals surface area contributed by atoms with E-state index in [1.807, 2.05) is 6.20 Å². The zero-order valence-corrected chi connectivity index (χ0v) is 32.2. The Labute approximate surface area is 310 Å². The van der Waals surface area contributed by atoms with Crippen LogP contribution in [0.4, 0.5) is 0 Å². The monoisotopic (exact) mass is 690 g/mol. The van der Waals surface area contributed by atoms with E-state index < -0.39 is 0 Å². The van der Waals surface area contributed by atoms with Crippen LogP contribution in [0.15, 0.2) is 97.2 Å². The Hall–Kier alpha value is -4.90. The van der Waals surface area contributed by atoms with Crippen molar-refractivity contribution in [3.05, 3.63) is 125 Å². The summed E-state index contributed by atoms with van der Waals surface area (Å²) >= 11 is 0. The second-order valence-corrected chi connectivity index (χ2v) is 15.5. The summed E-state index contributed by atoms with van der Waals surface area (Å²) in [6, 6.07) is 25.9. The number of hydrogen-bond acceptors (Lipinski definition) is 3. The molecule has 3 aromatic carbocycles. The molecular formula is C47H54N4O. The van der Waals surface area contributed by atoms with Gasteiger partial charge in [0.05, 0.1) is 22.4 Å². The van der Waals surface area contributed by atoms with E-state index in [1.165, 1.54) is 46.0 Å². The molecule has 2 atom stereocenters. The third kappa shape index (κ3) is 6.98. The van der Waals surface area contributed by atoms with Crippen molar-refractivity contribution in [2.24, 2.45) is 11.8 Å². The van der Waals surface area contributed by atoms with Gasteiger partial charge >= 0.3 is 0 Å². The summed E-state index contributed by atoms with van der Waals surface area (Å²) in [5, 5.41) is 7.66. The number of aromatic nitrogens is 4. The van der Waals surface area contributed by atoms with Gasteiger partial charge in [-0.05, 0) is 125 Å². The lowest BCUT2D eigenvalue weighted by atomic mass is 9.75. The van der Waals surface area contributed by atoms with Gasteiger partial charge in [0.1, 0.15) is 17.3 Å². The van der Waals surface area contributed by atoms with Crippen molar-refractivity contribution < 1.29 is 4.74 Å². The SMILES string of the molecule is C=C(C)c1cc(Oc2ccc3c4ccccc4n(-c4cc(CCCC)ccn4)c3c2)cc(-n2nc(C)c([C@H]3C(C)=CCC[C@@H]3C)c2CCC(C)C)c1. The third-order valence-electron chi connectivity index (χ3n) is 11.0. The Morgan fingerprint density at radius 2 is 1.75 bits per heavy atom. The maximum Gasteiger partial charge on any atom is 0.137 e. The number of rotatable bonds is 12. The van der Waals surface area contributed by atoms with Crippen LogP contribution in [0.2, 0.25) is 0 Å². The first-order chi connectivity index (χ1) is 25.1. The fourth-order valence-corrected chi connectivity index (χ4v) is 8.23. The molecule has 5 nitrogen and oxygen atoms in total. The molecule has 52 heavy (non-hydrogen) atoms. The van der Waals surface area contributed by atoms with Gasteiger partial charge in [0.25, 0.3) is 0 Å². The zero-order valence-electron chi connectivity index (χ0n) is 32.2. The maximum atomic E-state index is 6.80. The highest BCUT2D eigenvalue weighted by molar-refractivity contribution is 6.09. The summed E-state index contributed by atoms with van der Waals surface area (Å²) in [5.74, 6) is 4.04. The number of pyridine rings is 1. The first kappa shape index (κ1) is 35.5. The quantitative estimate of drug-likeness (QED) is 0.120. The van der Waals surface area contributed by atoms with Crippen molar-refractivity contribution in [2.45, 2.75) is 99.3 Å². The van der Waals surface area contributed by atoms with Gasteiger partial charge in [-0.2, -0.15) is 5.10 Å². The highest BCUT2D eigenvalue weighted by Gasteiger charge is 2.31. The van der Waals surface area contributed by atoms with E-state index in [0.717, 1.165) is 83.0 Å². The minimum atomic E-state index is 0.394. The smallest absolute Gasteiger partial charge is 0.137 e. The number of unbranched alkanes of at least 4 members (excludes halogenated alkanes) is 1. The standard InChI is InChI=1S/C47H54N4O/c1-9-10-16-35-23-24-48-45(25-35)50-42-18-12-11-17-40(42)41-21-20-38(29-44(41)50)52-39-27-36(31(4)5)26-37(28-39)51-43(22-19-30(2)3)47(34(8)49-51)46-32(6)14-13-15-33(46)7/h11-12,14,17-18,20-21,23-30,33,46H,4,9-10,13,15-16,19,22H2,1-3,5-8H3/t33-,46-/m0/s1. The summed E-state index contributed by atoms with van der Waals surface area (Å²) in [6.45, 7) is 20.2. The van der Waals surface area contributed by atoms with Crippen LogP contribution >= 0.6 is 0 Å².